The summed E-state index contributed by atoms with van der Waals surface area (Å²) in [6.07, 6.45) is 5.14. The summed E-state index contributed by atoms with van der Waals surface area (Å²) in [6, 6.07) is 10.7. The number of hydrogen-bond donors (Lipinski definition) is 1. The second-order valence-corrected chi connectivity index (χ2v) is 7.29. The van der Waals surface area contributed by atoms with Crippen molar-refractivity contribution in [3.8, 4) is 11.3 Å². The lowest BCUT2D eigenvalue weighted by Crippen LogP contribution is -2.31. The number of fused-ring (bicyclic) bond motifs is 1. The molecule has 2 nitrogen and oxygen atoms in total. The Morgan fingerprint density at radius 2 is 1.90 bits per heavy atom. The molecule has 3 heteroatoms. The van der Waals surface area contributed by atoms with E-state index in [1.165, 1.54) is 29.8 Å². The fraction of sp³-hybridized carbons (Fsp3) is 0.471. The van der Waals surface area contributed by atoms with Gasteiger partial charge in [0.1, 0.15) is 0 Å². The van der Waals surface area contributed by atoms with Crippen LogP contribution in [0.25, 0.3) is 11.3 Å². The van der Waals surface area contributed by atoms with Crippen LogP contribution in [0.3, 0.4) is 0 Å². The highest BCUT2D eigenvalue weighted by molar-refractivity contribution is 7.09. The number of thiazole rings is 1. The van der Waals surface area contributed by atoms with Gasteiger partial charge in [0.25, 0.3) is 0 Å². The second-order valence-electron chi connectivity index (χ2n) is 6.35. The molecule has 0 bridgehead atoms. The predicted molar refractivity (Wildman–Crippen MR) is 83.6 cm³/mol. The van der Waals surface area contributed by atoms with Gasteiger partial charge in [0.2, 0.25) is 0 Å². The molecule has 2 aromatic rings. The highest BCUT2D eigenvalue weighted by atomic mass is 32.1. The first-order valence-electron chi connectivity index (χ1n) is 7.55. The molecule has 0 spiro atoms. The third-order valence-electron chi connectivity index (χ3n) is 4.92. The molecule has 2 N–H and O–H groups in total. The smallest absolute Gasteiger partial charge is 0.0948 e. The molecule has 1 aromatic heterocycles. The van der Waals surface area contributed by atoms with Crippen LogP contribution in [0.1, 0.15) is 24.3 Å². The van der Waals surface area contributed by atoms with Gasteiger partial charge in [-0.3, -0.25) is 0 Å². The number of aromatic nitrogens is 1. The number of hydrogen-bond acceptors (Lipinski definition) is 3. The molecule has 1 heterocycles. The van der Waals surface area contributed by atoms with E-state index in [1.807, 2.05) is 6.07 Å². The van der Waals surface area contributed by atoms with Crippen molar-refractivity contribution in [3.63, 3.8) is 0 Å². The Morgan fingerprint density at radius 1 is 1.15 bits per heavy atom. The molecule has 0 aliphatic heterocycles. The van der Waals surface area contributed by atoms with Crippen molar-refractivity contribution < 1.29 is 0 Å². The molecule has 104 valence electrons. The van der Waals surface area contributed by atoms with Crippen LogP contribution in [0.15, 0.2) is 35.7 Å². The van der Waals surface area contributed by atoms with E-state index in [0.717, 1.165) is 29.9 Å². The average molecular weight is 284 g/mol. The minimum atomic E-state index is 0.303. The Labute approximate surface area is 124 Å². The number of rotatable bonds is 4. The summed E-state index contributed by atoms with van der Waals surface area (Å²) in [5.74, 6) is 2.77. The van der Waals surface area contributed by atoms with Gasteiger partial charge >= 0.3 is 0 Å². The third kappa shape index (κ3) is 2.40. The number of benzene rings is 1. The predicted octanol–water partition coefficient (Wildman–Crippen LogP) is 3.73. The first kappa shape index (κ1) is 12.5. The van der Waals surface area contributed by atoms with E-state index in [1.54, 1.807) is 11.3 Å². The molecular formula is C17H20N2S. The summed E-state index contributed by atoms with van der Waals surface area (Å²) in [5, 5.41) is 3.35. The molecule has 2 fully saturated rings. The van der Waals surface area contributed by atoms with Gasteiger partial charge in [0.15, 0.2) is 0 Å². The molecule has 4 rings (SSSR count). The summed E-state index contributed by atoms with van der Waals surface area (Å²) in [6.45, 7) is 0. The first-order valence-corrected chi connectivity index (χ1v) is 8.43. The van der Waals surface area contributed by atoms with Gasteiger partial charge in [-0.15, -0.1) is 11.3 Å². The zero-order valence-corrected chi connectivity index (χ0v) is 12.4. The van der Waals surface area contributed by atoms with Crippen LogP contribution in [0.5, 0.6) is 0 Å². The Morgan fingerprint density at radius 3 is 2.65 bits per heavy atom. The van der Waals surface area contributed by atoms with Crippen molar-refractivity contribution in [3.05, 3.63) is 40.7 Å². The molecule has 3 unspecified atom stereocenters. The van der Waals surface area contributed by atoms with E-state index < -0.39 is 0 Å². The lowest BCUT2D eigenvalue weighted by Gasteiger charge is -2.19. The van der Waals surface area contributed by atoms with Crippen LogP contribution in [-0.4, -0.2) is 11.0 Å². The molecule has 0 saturated heterocycles. The highest BCUT2D eigenvalue weighted by Crippen LogP contribution is 2.55. The highest BCUT2D eigenvalue weighted by Gasteiger charge is 2.47. The minimum absolute atomic E-state index is 0.303. The minimum Gasteiger partial charge on any atom is -0.327 e. The van der Waals surface area contributed by atoms with E-state index in [-0.39, 0.29) is 0 Å². The van der Waals surface area contributed by atoms with Crippen molar-refractivity contribution >= 4 is 11.3 Å². The summed E-state index contributed by atoms with van der Waals surface area (Å²) < 4.78 is 0. The summed E-state index contributed by atoms with van der Waals surface area (Å²) in [5.41, 5.74) is 8.70. The van der Waals surface area contributed by atoms with Gasteiger partial charge in [0, 0.05) is 23.4 Å². The Balaban J connectivity index is 1.43. The van der Waals surface area contributed by atoms with Crippen molar-refractivity contribution in [2.75, 3.05) is 0 Å². The monoisotopic (exact) mass is 284 g/mol. The fourth-order valence-electron chi connectivity index (χ4n) is 3.63. The second kappa shape index (κ2) is 4.97. The van der Waals surface area contributed by atoms with Crippen molar-refractivity contribution in [1.29, 1.82) is 0 Å². The summed E-state index contributed by atoms with van der Waals surface area (Å²) >= 11 is 1.75. The molecule has 2 aliphatic rings. The molecule has 0 amide bonds. The molecule has 3 atom stereocenters. The third-order valence-corrected chi connectivity index (χ3v) is 5.79. The fourth-order valence-corrected chi connectivity index (χ4v) is 4.50. The van der Waals surface area contributed by atoms with Crippen LogP contribution in [-0.2, 0) is 6.42 Å². The van der Waals surface area contributed by atoms with Gasteiger partial charge in [-0.2, -0.15) is 0 Å². The van der Waals surface area contributed by atoms with Gasteiger partial charge in [-0.25, -0.2) is 4.98 Å². The Kier molecular flexibility index (Phi) is 3.12. The topological polar surface area (TPSA) is 38.9 Å². The average Bonchev–Trinajstić information content (AvgIpc) is 2.91. The maximum absolute atomic E-state index is 6.41. The normalized spacial score (nSPS) is 29.1. The van der Waals surface area contributed by atoms with Crippen LogP contribution in [0.4, 0.5) is 0 Å². The molecule has 20 heavy (non-hydrogen) atoms. The van der Waals surface area contributed by atoms with Crippen molar-refractivity contribution in [1.82, 2.24) is 4.98 Å². The lowest BCUT2D eigenvalue weighted by molar-refractivity contribution is 0.392. The van der Waals surface area contributed by atoms with Crippen molar-refractivity contribution in [2.24, 2.45) is 23.5 Å². The molecule has 0 radical (unpaired) electrons. The SMILES string of the molecule is NC(Cc1nc(-c2ccccc2)cs1)C1CC2CC2C1. The maximum Gasteiger partial charge on any atom is 0.0948 e. The van der Waals surface area contributed by atoms with E-state index in [9.17, 15) is 0 Å². The largest absolute Gasteiger partial charge is 0.327 e. The zero-order chi connectivity index (χ0) is 13.5. The van der Waals surface area contributed by atoms with Gasteiger partial charge < -0.3 is 5.73 Å². The zero-order valence-electron chi connectivity index (χ0n) is 11.5. The van der Waals surface area contributed by atoms with Crippen LogP contribution in [0.2, 0.25) is 0 Å². The van der Waals surface area contributed by atoms with E-state index in [4.69, 9.17) is 10.7 Å². The summed E-state index contributed by atoms with van der Waals surface area (Å²) in [7, 11) is 0. The first-order chi connectivity index (χ1) is 9.79. The van der Waals surface area contributed by atoms with Gasteiger partial charge in [-0.1, -0.05) is 30.3 Å². The maximum atomic E-state index is 6.41. The molecule has 2 aliphatic carbocycles. The van der Waals surface area contributed by atoms with Crippen molar-refractivity contribution in [2.45, 2.75) is 31.7 Å². The van der Waals surface area contributed by atoms with E-state index in [2.05, 4.69) is 29.6 Å². The van der Waals surface area contributed by atoms with Crippen LogP contribution in [0, 0.1) is 17.8 Å². The summed E-state index contributed by atoms with van der Waals surface area (Å²) in [4.78, 5) is 4.76. The van der Waals surface area contributed by atoms with Gasteiger partial charge in [-0.05, 0) is 37.0 Å². The quantitative estimate of drug-likeness (QED) is 0.929. The Hall–Kier alpha value is -1.19. The van der Waals surface area contributed by atoms with E-state index >= 15 is 0 Å². The standard InChI is InChI=1S/C17H20N2S/c18-15(14-7-12-6-13(12)8-14)9-17-19-16(10-20-17)11-4-2-1-3-5-11/h1-5,10,12-15H,6-9,18H2. The van der Waals surface area contributed by atoms with Crippen LogP contribution >= 0.6 is 11.3 Å². The number of nitrogens with zero attached hydrogens (tertiary/aromatic N) is 1. The molecule has 1 aromatic carbocycles. The van der Waals surface area contributed by atoms with E-state index in [0.29, 0.717) is 6.04 Å². The molecular weight excluding hydrogens is 264 g/mol. The molecule has 2 saturated carbocycles. The van der Waals surface area contributed by atoms with Crippen LogP contribution < -0.4 is 5.73 Å². The number of nitrogens with two attached hydrogens (primary N) is 1. The Bertz CT molecular complexity index is 582. The van der Waals surface area contributed by atoms with Gasteiger partial charge in [0.05, 0.1) is 10.7 Å². The lowest BCUT2D eigenvalue weighted by atomic mass is 9.93.